The first-order chi connectivity index (χ1) is 13.2. The molecule has 0 spiro atoms. The van der Waals surface area contributed by atoms with Crippen molar-refractivity contribution in [2.45, 2.75) is 57.4 Å². The van der Waals surface area contributed by atoms with Gasteiger partial charge in [-0.2, -0.15) is 0 Å². The number of amides is 2. The van der Waals surface area contributed by atoms with E-state index in [1.807, 2.05) is 12.1 Å². The first-order valence-electron chi connectivity index (χ1n) is 10.2. The molecule has 3 rings (SSSR count). The summed E-state index contributed by atoms with van der Waals surface area (Å²) in [5.74, 6) is 0.665. The molecule has 0 aliphatic heterocycles. The van der Waals surface area contributed by atoms with E-state index in [1.165, 1.54) is 38.5 Å². The Morgan fingerprint density at radius 3 is 2.46 bits per heavy atom. The minimum absolute atomic E-state index is 0. The third kappa shape index (κ3) is 8.07. The lowest BCUT2D eigenvalue weighted by atomic mass is 10.1. The van der Waals surface area contributed by atoms with E-state index in [9.17, 15) is 9.59 Å². The van der Waals surface area contributed by atoms with Gasteiger partial charge in [-0.25, -0.2) is 0 Å². The highest BCUT2D eigenvalue weighted by molar-refractivity contribution is 5.94. The number of benzene rings is 1. The van der Waals surface area contributed by atoms with E-state index in [0.717, 1.165) is 19.4 Å². The van der Waals surface area contributed by atoms with Crippen molar-refractivity contribution in [1.82, 2.24) is 10.6 Å². The Morgan fingerprint density at radius 2 is 1.75 bits per heavy atom. The maximum Gasteiger partial charge on any atom is 0.257 e. The number of nitrogens with one attached hydrogen (secondary N) is 3. The van der Waals surface area contributed by atoms with Gasteiger partial charge < -0.3 is 20.7 Å². The predicted molar refractivity (Wildman–Crippen MR) is 113 cm³/mol. The summed E-state index contributed by atoms with van der Waals surface area (Å²) in [5.41, 5.74) is 0.706. The van der Waals surface area contributed by atoms with E-state index in [4.69, 9.17) is 4.74 Å². The van der Waals surface area contributed by atoms with Crippen LogP contribution in [0.5, 0.6) is 5.75 Å². The van der Waals surface area contributed by atoms with E-state index >= 15 is 0 Å². The van der Waals surface area contributed by atoms with Crippen molar-refractivity contribution in [1.29, 1.82) is 0 Å². The molecule has 0 unspecified atom stereocenters. The summed E-state index contributed by atoms with van der Waals surface area (Å²) in [7, 11) is 0. The van der Waals surface area contributed by atoms with Crippen LogP contribution in [0.3, 0.4) is 0 Å². The molecule has 7 heteroatoms. The van der Waals surface area contributed by atoms with Crippen molar-refractivity contribution >= 4 is 29.9 Å². The topological polar surface area (TPSA) is 79.5 Å². The SMILES string of the molecule is Cl.O=C(COc1cccc(NC(=O)C2CC2)c1)NCCNC1CCCCCC1. The molecule has 2 amide bonds. The average molecular weight is 410 g/mol. The maximum atomic E-state index is 11.9. The van der Waals surface area contributed by atoms with E-state index in [-0.39, 0.29) is 36.7 Å². The molecular formula is C21H32ClN3O3. The van der Waals surface area contributed by atoms with E-state index in [2.05, 4.69) is 16.0 Å². The minimum atomic E-state index is -0.134. The molecule has 2 fully saturated rings. The van der Waals surface area contributed by atoms with Crippen LogP contribution in [0.15, 0.2) is 24.3 Å². The molecule has 6 nitrogen and oxygen atoms in total. The van der Waals surface area contributed by atoms with Gasteiger partial charge in [0.1, 0.15) is 5.75 Å². The fourth-order valence-electron chi connectivity index (χ4n) is 3.42. The zero-order valence-electron chi connectivity index (χ0n) is 16.4. The number of anilines is 1. The Balaban J connectivity index is 0.00000280. The first-order valence-corrected chi connectivity index (χ1v) is 10.2. The smallest absolute Gasteiger partial charge is 0.257 e. The van der Waals surface area contributed by atoms with Crippen LogP contribution in [0.1, 0.15) is 51.4 Å². The van der Waals surface area contributed by atoms with Gasteiger partial charge in [0.2, 0.25) is 5.91 Å². The molecule has 0 aromatic heterocycles. The van der Waals surface area contributed by atoms with Gasteiger partial charge in [-0.1, -0.05) is 31.7 Å². The summed E-state index contributed by atoms with van der Waals surface area (Å²) in [4.78, 5) is 23.8. The summed E-state index contributed by atoms with van der Waals surface area (Å²) in [6.07, 6.45) is 9.72. The minimum Gasteiger partial charge on any atom is -0.484 e. The summed E-state index contributed by atoms with van der Waals surface area (Å²) in [6.45, 7) is 1.37. The molecular weight excluding hydrogens is 378 g/mol. The lowest BCUT2D eigenvalue weighted by Gasteiger charge is -2.16. The van der Waals surface area contributed by atoms with Crippen LogP contribution in [0.25, 0.3) is 0 Å². The van der Waals surface area contributed by atoms with E-state index in [0.29, 0.717) is 24.0 Å². The number of ether oxygens (including phenoxy) is 1. The lowest BCUT2D eigenvalue weighted by molar-refractivity contribution is -0.123. The average Bonchev–Trinajstić information content (AvgIpc) is 3.51. The number of carbonyl (C=O) groups excluding carboxylic acids is 2. The lowest BCUT2D eigenvalue weighted by Crippen LogP contribution is -2.38. The van der Waals surface area contributed by atoms with Crippen molar-refractivity contribution in [2.75, 3.05) is 25.0 Å². The second-order valence-corrected chi connectivity index (χ2v) is 7.57. The quantitative estimate of drug-likeness (QED) is 0.432. The highest BCUT2D eigenvalue weighted by atomic mass is 35.5. The van der Waals surface area contributed by atoms with Crippen LogP contribution in [-0.2, 0) is 9.59 Å². The molecule has 28 heavy (non-hydrogen) atoms. The van der Waals surface area contributed by atoms with Gasteiger partial charge >= 0.3 is 0 Å². The summed E-state index contributed by atoms with van der Waals surface area (Å²) >= 11 is 0. The zero-order chi connectivity index (χ0) is 18.9. The standard InChI is InChI=1S/C21H31N3O3.ClH/c25-20(23-13-12-22-17-6-3-1-2-4-7-17)15-27-19-9-5-8-18(14-19)24-21(26)16-10-11-16;/h5,8-9,14,16-17,22H,1-4,6-7,10-13,15H2,(H,23,25)(H,24,26);1H. The van der Waals surface area contributed by atoms with Gasteiger partial charge in [0.25, 0.3) is 5.91 Å². The van der Waals surface area contributed by atoms with Gasteiger partial charge in [0, 0.05) is 36.8 Å². The fraction of sp³-hybridized carbons (Fsp3) is 0.619. The van der Waals surface area contributed by atoms with Crippen molar-refractivity contribution < 1.29 is 14.3 Å². The van der Waals surface area contributed by atoms with Gasteiger partial charge in [-0.15, -0.1) is 12.4 Å². The number of hydrogen-bond acceptors (Lipinski definition) is 4. The van der Waals surface area contributed by atoms with Crippen LogP contribution in [0, 0.1) is 5.92 Å². The highest BCUT2D eigenvalue weighted by Gasteiger charge is 2.29. The largest absolute Gasteiger partial charge is 0.484 e. The maximum absolute atomic E-state index is 11.9. The Morgan fingerprint density at radius 1 is 1.00 bits per heavy atom. The van der Waals surface area contributed by atoms with Crippen LogP contribution in [-0.4, -0.2) is 37.6 Å². The van der Waals surface area contributed by atoms with Crippen LogP contribution in [0.2, 0.25) is 0 Å². The third-order valence-electron chi connectivity index (χ3n) is 5.15. The van der Waals surface area contributed by atoms with Crippen molar-refractivity contribution in [3.8, 4) is 5.75 Å². The fourth-order valence-corrected chi connectivity index (χ4v) is 3.42. The monoisotopic (exact) mass is 409 g/mol. The number of halogens is 1. The second-order valence-electron chi connectivity index (χ2n) is 7.57. The molecule has 0 heterocycles. The van der Waals surface area contributed by atoms with E-state index < -0.39 is 0 Å². The summed E-state index contributed by atoms with van der Waals surface area (Å²) in [5, 5.41) is 9.30. The molecule has 2 aliphatic rings. The molecule has 3 N–H and O–H groups in total. The molecule has 2 saturated carbocycles. The van der Waals surface area contributed by atoms with Gasteiger partial charge in [0.15, 0.2) is 6.61 Å². The molecule has 156 valence electrons. The van der Waals surface area contributed by atoms with Gasteiger partial charge in [0.05, 0.1) is 0 Å². The van der Waals surface area contributed by atoms with Gasteiger partial charge in [-0.3, -0.25) is 9.59 Å². The van der Waals surface area contributed by atoms with Crippen LogP contribution >= 0.6 is 12.4 Å². The van der Waals surface area contributed by atoms with E-state index in [1.54, 1.807) is 12.1 Å². The number of carbonyl (C=O) groups is 2. The van der Waals surface area contributed by atoms with Gasteiger partial charge in [-0.05, 0) is 37.8 Å². The first kappa shape index (κ1) is 22.5. The van der Waals surface area contributed by atoms with Crippen LogP contribution in [0.4, 0.5) is 5.69 Å². The molecule has 0 radical (unpaired) electrons. The molecule has 2 aliphatic carbocycles. The Bertz CT molecular complexity index is 629. The van der Waals surface area contributed by atoms with Crippen molar-refractivity contribution in [2.24, 2.45) is 5.92 Å². The summed E-state index contributed by atoms with van der Waals surface area (Å²) in [6, 6.07) is 7.77. The molecule has 0 saturated heterocycles. The third-order valence-corrected chi connectivity index (χ3v) is 5.15. The molecule has 1 aromatic carbocycles. The number of hydrogen-bond donors (Lipinski definition) is 3. The highest BCUT2D eigenvalue weighted by Crippen LogP contribution is 2.30. The Hall–Kier alpha value is -1.79. The van der Waals surface area contributed by atoms with Crippen LogP contribution < -0.4 is 20.7 Å². The molecule has 0 bridgehead atoms. The van der Waals surface area contributed by atoms with Crippen molar-refractivity contribution in [3.05, 3.63) is 24.3 Å². The second kappa shape index (κ2) is 11.9. The number of rotatable bonds is 9. The predicted octanol–water partition coefficient (Wildman–Crippen LogP) is 3.26. The normalized spacial score (nSPS) is 17.1. The van der Waals surface area contributed by atoms with Crippen molar-refractivity contribution in [3.63, 3.8) is 0 Å². The molecule has 1 aromatic rings. The zero-order valence-corrected chi connectivity index (χ0v) is 17.2. The Kier molecular flexibility index (Phi) is 9.58. The molecule has 0 atom stereocenters. The Labute approximate surface area is 173 Å². The summed E-state index contributed by atoms with van der Waals surface area (Å²) < 4.78 is 5.55.